The highest BCUT2D eigenvalue weighted by Gasteiger charge is 2.29. The van der Waals surface area contributed by atoms with E-state index in [0.29, 0.717) is 6.54 Å². The van der Waals surface area contributed by atoms with Crippen molar-refractivity contribution in [1.82, 2.24) is 5.32 Å². The molecule has 2 atom stereocenters. The van der Waals surface area contributed by atoms with Crippen molar-refractivity contribution in [2.45, 2.75) is 6.92 Å². The summed E-state index contributed by atoms with van der Waals surface area (Å²) < 4.78 is 13.2. The van der Waals surface area contributed by atoms with Gasteiger partial charge < -0.3 is 10.6 Å². The highest BCUT2D eigenvalue weighted by molar-refractivity contribution is 5.93. The van der Waals surface area contributed by atoms with Crippen molar-refractivity contribution in [2.24, 2.45) is 11.8 Å². The minimum atomic E-state index is -0.748. The smallest absolute Gasteiger partial charge is 0.274 e. The molecule has 0 saturated carbocycles. The van der Waals surface area contributed by atoms with Crippen molar-refractivity contribution in [3.8, 4) is 0 Å². The van der Waals surface area contributed by atoms with Gasteiger partial charge in [-0.1, -0.05) is 6.92 Å². The molecule has 19 heavy (non-hydrogen) atoms. The second kappa shape index (κ2) is 5.31. The van der Waals surface area contributed by atoms with Crippen LogP contribution in [-0.2, 0) is 4.79 Å². The van der Waals surface area contributed by atoms with Gasteiger partial charge in [0.05, 0.1) is 22.6 Å². The van der Waals surface area contributed by atoms with E-state index in [1.807, 2.05) is 6.92 Å². The van der Waals surface area contributed by atoms with Gasteiger partial charge in [-0.3, -0.25) is 14.9 Å². The van der Waals surface area contributed by atoms with Crippen molar-refractivity contribution in [3.63, 3.8) is 0 Å². The van der Waals surface area contributed by atoms with Crippen LogP contribution in [0, 0.1) is 27.8 Å². The van der Waals surface area contributed by atoms with Crippen LogP contribution >= 0.6 is 0 Å². The number of anilines is 1. The summed E-state index contributed by atoms with van der Waals surface area (Å²) in [6, 6.07) is 3.03. The number of halogens is 1. The normalized spacial score (nSPS) is 22.2. The first-order valence-electron chi connectivity index (χ1n) is 5.94. The number of amides is 1. The Labute approximate surface area is 109 Å². The van der Waals surface area contributed by atoms with Crippen molar-refractivity contribution in [1.29, 1.82) is 0 Å². The van der Waals surface area contributed by atoms with Gasteiger partial charge in [0.2, 0.25) is 5.91 Å². The highest BCUT2D eigenvalue weighted by Crippen LogP contribution is 2.22. The zero-order valence-corrected chi connectivity index (χ0v) is 10.4. The standard InChI is InChI=1S/C12H14FN3O3/c1-7-5-14-6-11(7)12(17)15-9-2-8(13)3-10(4-9)16(18)19/h2-4,7,11,14H,5-6H2,1H3,(H,15,17). The minimum absolute atomic E-state index is 0.107. The van der Waals surface area contributed by atoms with Gasteiger partial charge in [-0.25, -0.2) is 4.39 Å². The van der Waals surface area contributed by atoms with Crippen LogP contribution in [0.5, 0.6) is 0 Å². The zero-order valence-electron chi connectivity index (χ0n) is 10.4. The highest BCUT2D eigenvalue weighted by atomic mass is 19.1. The van der Waals surface area contributed by atoms with Crippen molar-refractivity contribution in [3.05, 3.63) is 34.1 Å². The maximum absolute atomic E-state index is 13.2. The molecule has 2 N–H and O–H groups in total. The van der Waals surface area contributed by atoms with Crippen LogP contribution in [0.1, 0.15) is 6.92 Å². The van der Waals surface area contributed by atoms with Gasteiger partial charge >= 0.3 is 0 Å². The summed E-state index contributed by atoms with van der Waals surface area (Å²) in [4.78, 5) is 21.9. The lowest BCUT2D eigenvalue weighted by molar-refractivity contribution is -0.385. The molecular weight excluding hydrogens is 253 g/mol. The van der Waals surface area contributed by atoms with Gasteiger partial charge in [-0.15, -0.1) is 0 Å². The molecule has 1 aliphatic heterocycles. The quantitative estimate of drug-likeness (QED) is 0.642. The first kappa shape index (κ1) is 13.4. The lowest BCUT2D eigenvalue weighted by atomic mass is 9.97. The fraction of sp³-hybridized carbons (Fsp3) is 0.417. The summed E-state index contributed by atoms with van der Waals surface area (Å²) in [7, 11) is 0. The van der Waals surface area contributed by atoms with Crippen LogP contribution in [0.15, 0.2) is 18.2 Å². The maximum atomic E-state index is 13.2. The molecule has 2 unspecified atom stereocenters. The largest absolute Gasteiger partial charge is 0.325 e. The van der Waals surface area contributed by atoms with E-state index in [9.17, 15) is 19.3 Å². The zero-order chi connectivity index (χ0) is 14.0. The molecule has 2 rings (SSSR count). The number of hydrogen-bond donors (Lipinski definition) is 2. The summed E-state index contributed by atoms with van der Waals surface area (Å²) in [6.07, 6.45) is 0. The van der Waals surface area contributed by atoms with Crippen molar-refractivity contribution < 1.29 is 14.1 Å². The number of nitrogens with zero attached hydrogens (tertiary/aromatic N) is 1. The molecule has 0 aromatic heterocycles. The third-order valence-corrected chi connectivity index (χ3v) is 3.22. The summed E-state index contributed by atoms with van der Waals surface area (Å²) in [5, 5.41) is 16.2. The van der Waals surface area contributed by atoms with E-state index in [4.69, 9.17) is 0 Å². The molecule has 102 valence electrons. The molecule has 1 fully saturated rings. The van der Waals surface area contributed by atoms with E-state index in [1.165, 1.54) is 0 Å². The molecule has 1 aromatic carbocycles. The first-order valence-corrected chi connectivity index (χ1v) is 5.94. The van der Waals surface area contributed by atoms with Gasteiger partial charge in [-0.2, -0.15) is 0 Å². The second-order valence-corrected chi connectivity index (χ2v) is 4.69. The summed E-state index contributed by atoms with van der Waals surface area (Å²) >= 11 is 0. The molecule has 0 aliphatic carbocycles. The number of nitro groups is 1. The van der Waals surface area contributed by atoms with E-state index in [-0.39, 0.29) is 29.1 Å². The lowest BCUT2D eigenvalue weighted by Crippen LogP contribution is -2.27. The molecule has 1 amide bonds. The van der Waals surface area contributed by atoms with E-state index in [1.54, 1.807) is 0 Å². The number of benzene rings is 1. The molecular formula is C12H14FN3O3. The summed E-state index contributed by atoms with van der Waals surface area (Å²) in [6.45, 7) is 3.25. The number of carbonyl (C=O) groups is 1. The molecule has 7 heteroatoms. The SMILES string of the molecule is CC1CNCC1C(=O)Nc1cc(F)cc([N+](=O)[O-])c1. The Bertz CT molecular complexity index is 521. The fourth-order valence-corrected chi connectivity index (χ4v) is 2.15. The number of carbonyl (C=O) groups excluding carboxylic acids is 1. The first-order chi connectivity index (χ1) is 8.97. The maximum Gasteiger partial charge on any atom is 0.274 e. The molecule has 0 spiro atoms. The van der Waals surface area contributed by atoms with E-state index in [2.05, 4.69) is 10.6 Å². The third kappa shape index (κ3) is 3.05. The predicted molar refractivity (Wildman–Crippen MR) is 67.2 cm³/mol. The number of rotatable bonds is 3. The van der Waals surface area contributed by atoms with E-state index in [0.717, 1.165) is 24.7 Å². The number of hydrogen-bond acceptors (Lipinski definition) is 4. The molecule has 0 bridgehead atoms. The van der Waals surface area contributed by atoms with Crippen molar-refractivity contribution in [2.75, 3.05) is 18.4 Å². The van der Waals surface area contributed by atoms with Crippen LogP contribution in [0.2, 0.25) is 0 Å². The van der Waals surface area contributed by atoms with Crippen LogP contribution in [-0.4, -0.2) is 23.9 Å². The Balaban J connectivity index is 2.14. The molecule has 1 saturated heterocycles. The average Bonchev–Trinajstić information content (AvgIpc) is 2.74. The number of non-ortho nitro benzene ring substituents is 1. The Kier molecular flexibility index (Phi) is 3.75. The number of nitro benzene ring substituents is 1. The number of nitrogens with one attached hydrogen (secondary N) is 2. The third-order valence-electron chi connectivity index (χ3n) is 3.22. The fourth-order valence-electron chi connectivity index (χ4n) is 2.15. The van der Waals surface area contributed by atoms with Crippen LogP contribution in [0.25, 0.3) is 0 Å². The Morgan fingerprint density at radius 2 is 2.21 bits per heavy atom. The predicted octanol–water partition coefficient (Wildman–Crippen LogP) is 1.53. The van der Waals surface area contributed by atoms with Crippen LogP contribution in [0.3, 0.4) is 0 Å². The molecule has 1 aromatic rings. The molecule has 1 aliphatic rings. The summed E-state index contributed by atoms with van der Waals surface area (Å²) in [5.41, 5.74) is -0.274. The minimum Gasteiger partial charge on any atom is -0.325 e. The van der Waals surface area contributed by atoms with Gasteiger partial charge in [0, 0.05) is 12.6 Å². The van der Waals surface area contributed by atoms with Gasteiger partial charge in [0.15, 0.2) is 0 Å². The Morgan fingerprint density at radius 3 is 2.79 bits per heavy atom. The van der Waals surface area contributed by atoms with Crippen LogP contribution in [0.4, 0.5) is 15.8 Å². The topological polar surface area (TPSA) is 84.3 Å². The van der Waals surface area contributed by atoms with Crippen LogP contribution < -0.4 is 10.6 Å². The van der Waals surface area contributed by atoms with E-state index < -0.39 is 10.7 Å². The summed E-state index contributed by atoms with van der Waals surface area (Å²) in [5.74, 6) is -1.02. The second-order valence-electron chi connectivity index (χ2n) is 4.69. The Morgan fingerprint density at radius 1 is 1.47 bits per heavy atom. The van der Waals surface area contributed by atoms with Gasteiger partial charge in [-0.05, 0) is 18.5 Å². The Hall–Kier alpha value is -2.02. The monoisotopic (exact) mass is 267 g/mol. The van der Waals surface area contributed by atoms with Crippen molar-refractivity contribution >= 4 is 17.3 Å². The van der Waals surface area contributed by atoms with Gasteiger partial charge in [0.1, 0.15) is 5.82 Å². The van der Waals surface area contributed by atoms with Gasteiger partial charge in [0.25, 0.3) is 5.69 Å². The lowest BCUT2D eigenvalue weighted by Gasteiger charge is -2.14. The molecule has 0 radical (unpaired) electrons. The van der Waals surface area contributed by atoms with E-state index >= 15 is 0 Å². The molecule has 6 nitrogen and oxygen atoms in total. The average molecular weight is 267 g/mol. The molecule has 1 heterocycles.